The van der Waals surface area contributed by atoms with Crippen LogP contribution in [0.15, 0.2) is 36.4 Å². The third-order valence-electron chi connectivity index (χ3n) is 6.65. The second-order valence-electron chi connectivity index (χ2n) is 11.3. The van der Waals surface area contributed by atoms with Gasteiger partial charge in [0.1, 0.15) is 18.2 Å². The number of amides is 3. The van der Waals surface area contributed by atoms with E-state index in [9.17, 15) is 14.4 Å². The number of anilines is 1. The van der Waals surface area contributed by atoms with Gasteiger partial charge in [-0.3, -0.25) is 9.59 Å². The van der Waals surface area contributed by atoms with Gasteiger partial charge in [0.05, 0.1) is 0 Å². The van der Waals surface area contributed by atoms with Crippen molar-refractivity contribution in [2.75, 3.05) is 11.9 Å². The summed E-state index contributed by atoms with van der Waals surface area (Å²) in [4.78, 5) is 41.7. The molecule has 0 saturated heterocycles. The van der Waals surface area contributed by atoms with Crippen LogP contribution in [0.25, 0.3) is 0 Å². The SMILES string of the molecule is CCC(C)(C)N(C(=O)CNC(=O)OC(C)(C)C)C(C(=O)Nc1c(C)cccc1C)c1ccc(C)c(C)c1. The molecule has 3 amide bonds. The van der Waals surface area contributed by atoms with E-state index in [1.807, 2.05) is 84.9 Å². The smallest absolute Gasteiger partial charge is 0.408 e. The maximum Gasteiger partial charge on any atom is 0.408 e. The Bertz CT molecular complexity index is 1130. The van der Waals surface area contributed by atoms with Crippen molar-refractivity contribution in [2.45, 2.75) is 92.8 Å². The summed E-state index contributed by atoms with van der Waals surface area (Å²) < 4.78 is 5.31. The van der Waals surface area contributed by atoms with Crippen LogP contribution in [0, 0.1) is 27.7 Å². The molecule has 7 nitrogen and oxygen atoms in total. The number of aryl methyl sites for hydroxylation is 4. The van der Waals surface area contributed by atoms with Crippen LogP contribution in [0.2, 0.25) is 0 Å². The molecule has 1 unspecified atom stereocenters. The summed E-state index contributed by atoms with van der Waals surface area (Å²) in [5.41, 5.74) is 4.05. The van der Waals surface area contributed by atoms with Crippen molar-refractivity contribution in [3.05, 3.63) is 64.2 Å². The lowest BCUT2D eigenvalue weighted by atomic mass is 9.91. The third-order valence-corrected chi connectivity index (χ3v) is 6.65. The van der Waals surface area contributed by atoms with Crippen LogP contribution >= 0.6 is 0 Å². The molecule has 7 heteroatoms. The second-order valence-corrected chi connectivity index (χ2v) is 11.3. The van der Waals surface area contributed by atoms with Crippen LogP contribution in [-0.2, 0) is 14.3 Å². The minimum absolute atomic E-state index is 0.295. The fourth-order valence-electron chi connectivity index (χ4n) is 4.10. The van der Waals surface area contributed by atoms with Crippen molar-refractivity contribution >= 4 is 23.6 Å². The van der Waals surface area contributed by atoms with Crippen molar-refractivity contribution in [3.63, 3.8) is 0 Å². The molecule has 0 aliphatic heterocycles. The Morgan fingerprint density at radius 2 is 1.49 bits per heavy atom. The molecule has 2 aromatic carbocycles. The average molecular weight is 510 g/mol. The van der Waals surface area contributed by atoms with Gasteiger partial charge in [0.2, 0.25) is 5.91 Å². The molecule has 0 saturated carbocycles. The molecule has 0 aliphatic rings. The molecule has 2 aromatic rings. The fraction of sp³-hybridized carbons (Fsp3) is 0.500. The number of hydrogen-bond acceptors (Lipinski definition) is 4. The lowest BCUT2D eigenvalue weighted by molar-refractivity contribution is -0.145. The highest BCUT2D eigenvalue weighted by Crippen LogP contribution is 2.33. The van der Waals surface area contributed by atoms with E-state index in [1.54, 1.807) is 25.7 Å². The van der Waals surface area contributed by atoms with Crippen LogP contribution < -0.4 is 10.6 Å². The summed E-state index contributed by atoms with van der Waals surface area (Å²) in [6.45, 7) is 18.7. The maximum atomic E-state index is 14.0. The third kappa shape index (κ3) is 7.81. The minimum Gasteiger partial charge on any atom is -0.444 e. The number of nitrogens with zero attached hydrogens (tertiary/aromatic N) is 1. The lowest BCUT2D eigenvalue weighted by Crippen LogP contribution is -2.55. The summed E-state index contributed by atoms with van der Waals surface area (Å²) in [5, 5.41) is 5.66. The van der Waals surface area contributed by atoms with Gasteiger partial charge < -0.3 is 20.3 Å². The Morgan fingerprint density at radius 1 is 0.892 bits per heavy atom. The average Bonchev–Trinajstić information content (AvgIpc) is 2.79. The first-order chi connectivity index (χ1) is 17.1. The van der Waals surface area contributed by atoms with E-state index in [0.29, 0.717) is 12.0 Å². The Morgan fingerprint density at radius 3 is 2.00 bits per heavy atom. The zero-order valence-electron chi connectivity index (χ0n) is 24.0. The molecular formula is C30H43N3O4. The Hall–Kier alpha value is -3.35. The first-order valence-electron chi connectivity index (χ1n) is 12.8. The summed E-state index contributed by atoms with van der Waals surface area (Å²) in [7, 11) is 0. The van der Waals surface area contributed by atoms with Gasteiger partial charge >= 0.3 is 6.09 Å². The highest BCUT2D eigenvalue weighted by Gasteiger charge is 2.40. The zero-order chi connectivity index (χ0) is 28.1. The minimum atomic E-state index is -0.916. The molecule has 37 heavy (non-hydrogen) atoms. The first kappa shape index (κ1) is 29.9. The number of hydrogen-bond donors (Lipinski definition) is 2. The molecule has 202 valence electrons. The van der Waals surface area contributed by atoms with E-state index in [4.69, 9.17) is 4.74 Å². The van der Waals surface area contributed by atoms with Crippen LogP contribution in [0.1, 0.15) is 81.8 Å². The number of carbonyl (C=O) groups is 3. The molecule has 2 rings (SSSR count). The van der Waals surface area contributed by atoms with E-state index in [2.05, 4.69) is 10.6 Å². The lowest BCUT2D eigenvalue weighted by Gasteiger charge is -2.43. The number of carbonyl (C=O) groups excluding carboxylic acids is 3. The quantitative estimate of drug-likeness (QED) is 0.447. The van der Waals surface area contributed by atoms with E-state index in [-0.39, 0.29) is 18.4 Å². The van der Waals surface area contributed by atoms with Crippen molar-refractivity contribution < 1.29 is 19.1 Å². The molecule has 0 spiro atoms. The van der Waals surface area contributed by atoms with Crippen LogP contribution in [0.4, 0.5) is 10.5 Å². The maximum absolute atomic E-state index is 14.0. The van der Waals surface area contributed by atoms with Gasteiger partial charge in [-0.1, -0.05) is 43.3 Å². The van der Waals surface area contributed by atoms with Crippen LogP contribution in [0.3, 0.4) is 0 Å². The summed E-state index contributed by atoms with van der Waals surface area (Å²) in [6.07, 6.45) is -0.0822. The van der Waals surface area contributed by atoms with Gasteiger partial charge in [-0.05, 0) is 96.6 Å². The molecule has 0 aromatic heterocycles. The molecule has 0 heterocycles. The molecule has 1 atom stereocenters. The van der Waals surface area contributed by atoms with Crippen LogP contribution in [-0.4, -0.2) is 40.5 Å². The monoisotopic (exact) mass is 509 g/mol. The van der Waals surface area contributed by atoms with Gasteiger partial charge in [0.15, 0.2) is 0 Å². The molecule has 0 aliphatic carbocycles. The zero-order valence-corrected chi connectivity index (χ0v) is 24.0. The van der Waals surface area contributed by atoms with Crippen molar-refractivity contribution in [2.24, 2.45) is 0 Å². The highest BCUT2D eigenvalue weighted by atomic mass is 16.6. The predicted molar refractivity (Wildman–Crippen MR) is 149 cm³/mol. The number of rotatable bonds is 8. The van der Waals surface area contributed by atoms with Crippen molar-refractivity contribution in [3.8, 4) is 0 Å². The first-order valence-corrected chi connectivity index (χ1v) is 12.8. The molecule has 0 radical (unpaired) electrons. The number of ether oxygens (including phenoxy) is 1. The number of alkyl carbamates (subject to hydrolysis) is 1. The van der Waals surface area contributed by atoms with Gasteiger partial charge in [0.25, 0.3) is 5.91 Å². The van der Waals surface area contributed by atoms with Crippen LogP contribution in [0.5, 0.6) is 0 Å². The largest absolute Gasteiger partial charge is 0.444 e. The van der Waals surface area contributed by atoms with Gasteiger partial charge in [0, 0.05) is 11.2 Å². The predicted octanol–water partition coefficient (Wildman–Crippen LogP) is 6.14. The number of benzene rings is 2. The molecular weight excluding hydrogens is 466 g/mol. The standard InChI is InChI=1S/C30H43N3O4/c1-11-30(9,10)33(24(34)18-31-28(36)37-29(6,7)8)26(23-16-15-19(2)22(5)17-23)27(35)32-25-20(3)13-12-14-21(25)4/h12-17,26H,11,18H2,1-10H3,(H,31,36)(H,32,35). The molecule has 2 N–H and O–H groups in total. The topological polar surface area (TPSA) is 87.7 Å². The van der Waals surface area contributed by atoms with Crippen molar-refractivity contribution in [1.82, 2.24) is 10.2 Å². The highest BCUT2D eigenvalue weighted by molar-refractivity contribution is 5.99. The summed E-state index contributed by atoms with van der Waals surface area (Å²) in [5.74, 6) is -0.689. The Kier molecular flexibility index (Phi) is 9.53. The Labute approximate surface area is 222 Å². The second kappa shape index (κ2) is 11.8. The summed E-state index contributed by atoms with van der Waals surface area (Å²) in [6, 6.07) is 10.7. The molecule has 0 fully saturated rings. The van der Waals surface area contributed by atoms with Gasteiger partial charge in [-0.2, -0.15) is 0 Å². The number of nitrogens with one attached hydrogen (secondary N) is 2. The fourth-order valence-corrected chi connectivity index (χ4v) is 4.10. The van der Waals surface area contributed by atoms with E-state index in [0.717, 1.165) is 27.9 Å². The molecule has 0 bridgehead atoms. The van der Waals surface area contributed by atoms with E-state index in [1.165, 1.54) is 0 Å². The van der Waals surface area contributed by atoms with E-state index >= 15 is 0 Å². The van der Waals surface area contributed by atoms with Crippen molar-refractivity contribution in [1.29, 1.82) is 0 Å². The summed E-state index contributed by atoms with van der Waals surface area (Å²) >= 11 is 0. The van der Waals surface area contributed by atoms with E-state index < -0.39 is 23.3 Å². The number of para-hydroxylation sites is 1. The Balaban J connectivity index is 2.55. The van der Waals surface area contributed by atoms with Gasteiger partial charge in [-0.25, -0.2) is 4.79 Å². The van der Waals surface area contributed by atoms with Gasteiger partial charge in [-0.15, -0.1) is 0 Å². The normalized spacial score (nSPS) is 12.5.